The molecule has 1 aliphatic heterocycles. The van der Waals surface area contributed by atoms with Crippen molar-refractivity contribution in [1.29, 1.82) is 0 Å². The molecule has 4 nitrogen and oxygen atoms in total. The highest BCUT2D eigenvalue weighted by molar-refractivity contribution is 6.08. The minimum atomic E-state index is -0.173. The van der Waals surface area contributed by atoms with E-state index < -0.39 is 0 Å². The van der Waals surface area contributed by atoms with Gasteiger partial charge >= 0.3 is 0 Å². The molecule has 1 fully saturated rings. The van der Waals surface area contributed by atoms with Gasteiger partial charge in [-0.1, -0.05) is 89.6 Å². The SMILES string of the molecule is CCCCCCCCN1CCC(CNC[C@H](O)CC(C)CC)CC1.Cc1cccc2[nH]c3ccccc3c12. The number of fused-ring (bicyclic) bond motifs is 3. The first-order valence-corrected chi connectivity index (χ1v) is 15.6. The van der Waals surface area contributed by atoms with Crippen molar-refractivity contribution in [2.75, 3.05) is 32.7 Å². The van der Waals surface area contributed by atoms with E-state index in [-0.39, 0.29) is 6.10 Å². The molecule has 2 atom stereocenters. The number of likely N-dealkylation sites (tertiary alicyclic amines) is 1. The van der Waals surface area contributed by atoms with E-state index in [9.17, 15) is 5.11 Å². The molecule has 212 valence electrons. The summed E-state index contributed by atoms with van der Waals surface area (Å²) in [5.41, 5.74) is 3.78. The molecule has 3 N–H and O–H groups in total. The predicted molar refractivity (Wildman–Crippen MR) is 166 cm³/mol. The van der Waals surface area contributed by atoms with Gasteiger partial charge in [-0.15, -0.1) is 0 Å². The third-order valence-corrected chi connectivity index (χ3v) is 8.46. The van der Waals surface area contributed by atoms with Gasteiger partial charge < -0.3 is 20.3 Å². The highest BCUT2D eigenvalue weighted by Gasteiger charge is 2.19. The average Bonchev–Trinajstić information content (AvgIpc) is 3.32. The summed E-state index contributed by atoms with van der Waals surface area (Å²) in [7, 11) is 0. The number of aliphatic hydroxyl groups excluding tert-OH is 1. The maximum atomic E-state index is 10.0. The highest BCUT2D eigenvalue weighted by Crippen LogP contribution is 2.27. The number of H-pyrrole nitrogens is 1. The highest BCUT2D eigenvalue weighted by atomic mass is 16.3. The first kappa shape index (κ1) is 30.7. The largest absolute Gasteiger partial charge is 0.392 e. The average molecular weight is 522 g/mol. The molecule has 2 aromatic carbocycles. The number of aliphatic hydroxyl groups is 1. The summed E-state index contributed by atoms with van der Waals surface area (Å²) in [5.74, 6) is 1.44. The smallest absolute Gasteiger partial charge is 0.0667 e. The summed E-state index contributed by atoms with van der Waals surface area (Å²) in [4.78, 5) is 6.08. The van der Waals surface area contributed by atoms with Gasteiger partial charge in [-0.05, 0) is 88.3 Å². The fourth-order valence-electron chi connectivity index (χ4n) is 5.78. The quantitative estimate of drug-likeness (QED) is 0.188. The summed E-state index contributed by atoms with van der Waals surface area (Å²) < 4.78 is 0. The van der Waals surface area contributed by atoms with Gasteiger partial charge in [-0.2, -0.15) is 0 Å². The summed E-state index contributed by atoms with van der Waals surface area (Å²) in [6.07, 6.45) is 13.0. The van der Waals surface area contributed by atoms with Crippen LogP contribution in [0.25, 0.3) is 21.8 Å². The normalized spacial score (nSPS) is 16.4. The fourth-order valence-corrected chi connectivity index (χ4v) is 5.78. The zero-order chi connectivity index (χ0) is 27.2. The zero-order valence-corrected chi connectivity index (χ0v) is 24.8. The number of aryl methyl sites for hydroxylation is 1. The van der Waals surface area contributed by atoms with Gasteiger partial charge in [0.2, 0.25) is 0 Å². The van der Waals surface area contributed by atoms with Gasteiger partial charge in [0.05, 0.1) is 6.10 Å². The van der Waals surface area contributed by atoms with E-state index >= 15 is 0 Å². The Morgan fingerprint density at radius 3 is 2.42 bits per heavy atom. The van der Waals surface area contributed by atoms with E-state index in [2.05, 4.69) is 85.4 Å². The molecule has 4 rings (SSSR count). The number of para-hydroxylation sites is 1. The van der Waals surface area contributed by atoms with E-state index in [0.29, 0.717) is 5.92 Å². The Morgan fingerprint density at radius 1 is 0.947 bits per heavy atom. The van der Waals surface area contributed by atoms with Crippen molar-refractivity contribution in [2.45, 2.75) is 98.0 Å². The molecular formula is C34H55N3O. The van der Waals surface area contributed by atoms with Crippen LogP contribution in [0.3, 0.4) is 0 Å². The number of rotatable bonds is 14. The van der Waals surface area contributed by atoms with Crippen LogP contribution in [0.4, 0.5) is 0 Å². The lowest BCUT2D eigenvalue weighted by Crippen LogP contribution is -2.39. The first-order valence-electron chi connectivity index (χ1n) is 15.6. The zero-order valence-electron chi connectivity index (χ0n) is 24.8. The maximum Gasteiger partial charge on any atom is 0.0667 e. The van der Waals surface area contributed by atoms with E-state index in [4.69, 9.17) is 0 Å². The first-order chi connectivity index (χ1) is 18.5. The number of unbranched alkanes of at least 4 members (excludes halogenated alkanes) is 5. The van der Waals surface area contributed by atoms with Crippen LogP contribution in [0.5, 0.6) is 0 Å². The number of hydrogen-bond acceptors (Lipinski definition) is 3. The number of aromatic nitrogens is 1. The van der Waals surface area contributed by atoms with Gasteiger partial charge in [0, 0.05) is 28.4 Å². The number of aromatic amines is 1. The van der Waals surface area contributed by atoms with Gasteiger partial charge in [-0.25, -0.2) is 0 Å². The third-order valence-electron chi connectivity index (χ3n) is 8.46. The summed E-state index contributed by atoms with van der Waals surface area (Å²) in [5, 5.41) is 16.2. The molecule has 0 bridgehead atoms. The Bertz CT molecular complexity index is 1040. The summed E-state index contributed by atoms with van der Waals surface area (Å²) in [6, 6.07) is 14.8. The molecular weight excluding hydrogens is 466 g/mol. The minimum absolute atomic E-state index is 0.173. The van der Waals surface area contributed by atoms with Gasteiger partial charge in [-0.3, -0.25) is 0 Å². The van der Waals surface area contributed by atoms with E-state index in [1.807, 2.05) is 0 Å². The molecule has 0 radical (unpaired) electrons. The van der Waals surface area contributed by atoms with Crippen molar-refractivity contribution in [3.05, 3.63) is 48.0 Å². The molecule has 1 aromatic heterocycles. The van der Waals surface area contributed by atoms with E-state index in [0.717, 1.165) is 31.8 Å². The lowest BCUT2D eigenvalue weighted by molar-refractivity contribution is 0.135. The van der Waals surface area contributed by atoms with Gasteiger partial charge in [0.15, 0.2) is 0 Å². The second-order valence-corrected chi connectivity index (χ2v) is 11.8. The Kier molecular flexibility index (Phi) is 13.7. The van der Waals surface area contributed by atoms with Crippen molar-refractivity contribution >= 4 is 21.8 Å². The number of nitrogens with zero attached hydrogens (tertiary/aromatic N) is 1. The molecule has 1 unspecified atom stereocenters. The Morgan fingerprint density at radius 2 is 1.66 bits per heavy atom. The van der Waals surface area contributed by atoms with Crippen LogP contribution in [0.15, 0.2) is 42.5 Å². The summed E-state index contributed by atoms with van der Waals surface area (Å²) >= 11 is 0. The van der Waals surface area contributed by atoms with Crippen LogP contribution < -0.4 is 5.32 Å². The number of nitrogens with one attached hydrogen (secondary N) is 2. The Labute approximate surface area is 232 Å². The standard InChI is InChI=1S/C21H44N2O.C13H11N/c1-4-6-7-8-9-10-13-23-14-11-20(12-15-23)17-22-18-21(24)16-19(3)5-2;1-9-5-4-8-12-13(9)10-6-2-3-7-11(10)14-12/h19-22,24H,4-18H2,1-3H3;2-8,14H,1H3/t19?,21-;/m1./s1. The predicted octanol–water partition coefficient (Wildman–Crippen LogP) is 8.08. The molecule has 2 heterocycles. The van der Waals surface area contributed by atoms with Crippen molar-refractivity contribution in [2.24, 2.45) is 11.8 Å². The summed E-state index contributed by atoms with van der Waals surface area (Å²) in [6.45, 7) is 14.6. The second-order valence-electron chi connectivity index (χ2n) is 11.8. The van der Waals surface area contributed by atoms with Crippen molar-refractivity contribution in [3.8, 4) is 0 Å². The van der Waals surface area contributed by atoms with Crippen LogP contribution in [0.1, 0.15) is 90.5 Å². The molecule has 1 aliphatic rings. The fraction of sp³-hybridized carbons (Fsp3) is 0.647. The molecule has 0 amide bonds. The van der Waals surface area contributed by atoms with Crippen molar-refractivity contribution in [3.63, 3.8) is 0 Å². The Balaban J connectivity index is 0.000000238. The van der Waals surface area contributed by atoms with E-state index in [1.54, 1.807) is 0 Å². The molecule has 0 aliphatic carbocycles. The third kappa shape index (κ3) is 10.0. The molecule has 1 saturated heterocycles. The second kappa shape index (κ2) is 16.9. The topological polar surface area (TPSA) is 51.3 Å². The maximum absolute atomic E-state index is 10.0. The molecule has 0 saturated carbocycles. The monoisotopic (exact) mass is 521 g/mol. The van der Waals surface area contributed by atoms with Gasteiger partial charge in [0.1, 0.15) is 0 Å². The van der Waals surface area contributed by atoms with Crippen LogP contribution >= 0.6 is 0 Å². The molecule has 38 heavy (non-hydrogen) atoms. The minimum Gasteiger partial charge on any atom is -0.392 e. The number of benzene rings is 2. The molecule has 3 aromatic rings. The lowest BCUT2D eigenvalue weighted by atomic mass is 9.96. The van der Waals surface area contributed by atoms with Crippen molar-refractivity contribution < 1.29 is 5.11 Å². The van der Waals surface area contributed by atoms with Gasteiger partial charge in [0.25, 0.3) is 0 Å². The number of piperidine rings is 1. The molecule has 0 spiro atoms. The Hall–Kier alpha value is -1.88. The van der Waals surface area contributed by atoms with Crippen LogP contribution in [-0.2, 0) is 0 Å². The van der Waals surface area contributed by atoms with Crippen LogP contribution in [0.2, 0.25) is 0 Å². The molecule has 4 heteroatoms. The van der Waals surface area contributed by atoms with E-state index in [1.165, 1.54) is 98.4 Å². The van der Waals surface area contributed by atoms with Crippen molar-refractivity contribution in [1.82, 2.24) is 15.2 Å². The van der Waals surface area contributed by atoms with Crippen LogP contribution in [0, 0.1) is 18.8 Å². The van der Waals surface area contributed by atoms with Crippen LogP contribution in [-0.4, -0.2) is 53.8 Å². The lowest BCUT2D eigenvalue weighted by Gasteiger charge is -2.32. The number of hydrogen-bond donors (Lipinski definition) is 3.